The van der Waals surface area contributed by atoms with Crippen LogP contribution in [0.5, 0.6) is 0 Å². The van der Waals surface area contributed by atoms with Gasteiger partial charge in [-0.3, -0.25) is 10.1 Å². The third-order valence-corrected chi connectivity index (χ3v) is 3.51. The van der Waals surface area contributed by atoms with Gasteiger partial charge in [-0.05, 0) is 19.0 Å². The first-order valence-electron chi connectivity index (χ1n) is 4.74. The summed E-state index contributed by atoms with van der Waals surface area (Å²) in [6.07, 6.45) is 2.64. The zero-order valence-corrected chi connectivity index (χ0v) is 10.1. The van der Waals surface area contributed by atoms with E-state index in [1.807, 2.05) is 0 Å². The highest BCUT2D eigenvalue weighted by Crippen LogP contribution is 2.31. The summed E-state index contributed by atoms with van der Waals surface area (Å²) in [5.74, 6) is 0. The highest BCUT2D eigenvalue weighted by molar-refractivity contribution is 8.00. The van der Waals surface area contributed by atoms with Crippen molar-refractivity contribution in [2.24, 2.45) is 0 Å². The summed E-state index contributed by atoms with van der Waals surface area (Å²) in [5.41, 5.74) is 0.106. The zero-order chi connectivity index (χ0) is 10.7. The van der Waals surface area contributed by atoms with Crippen LogP contribution < -0.4 is 5.32 Å². The summed E-state index contributed by atoms with van der Waals surface area (Å²) in [6.45, 7) is 1.89. The summed E-state index contributed by atoms with van der Waals surface area (Å²) in [6, 6.07) is 3.09. The second-order valence-corrected chi connectivity index (χ2v) is 4.61. The van der Waals surface area contributed by atoms with Crippen LogP contribution in [-0.4, -0.2) is 28.2 Å². The van der Waals surface area contributed by atoms with Gasteiger partial charge in [0.2, 0.25) is 0 Å². The number of halogens is 1. The number of thioether (sulfide) groups is 1. The molecule has 1 aromatic rings. The lowest BCUT2D eigenvalue weighted by Crippen LogP contribution is -2.10. The van der Waals surface area contributed by atoms with E-state index in [-0.39, 0.29) is 23.0 Å². The van der Waals surface area contributed by atoms with Crippen LogP contribution in [0.4, 0.5) is 5.69 Å². The molecule has 1 saturated heterocycles. The van der Waals surface area contributed by atoms with Gasteiger partial charge in [0, 0.05) is 24.1 Å². The summed E-state index contributed by atoms with van der Waals surface area (Å²) in [7, 11) is 0. The predicted octanol–water partition coefficient (Wildman–Crippen LogP) is 1.87. The maximum atomic E-state index is 10.7. The molecular weight excluding hydrogens is 250 g/mol. The van der Waals surface area contributed by atoms with E-state index in [4.69, 9.17) is 0 Å². The fraction of sp³-hybridized carbons (Fsp3) is 0.444. The quantitative estimate of drug-likeness (QED) is 0.665. The van der Waals surface area contributed by atoms with Crippen LogP contribution in [0.2, 0.25) is 0 Å². The van der Waals surface area contributed by atoms with E-state index in [0.717, 1.165) is 19.5 Å². The van der Waals surface area contributed by atoms with Gasteiger partial charge in [-0.15, -0.1) is 12.4 Å². The molecule has 1 N–H and O–H groups in total. The molecule has 0 bridgehead atoms. The maximum absolute atomic E-state index is 10.7. The van der Waals surface area contributed by atoms with Crippen molar-refractivity contribution in [1.29, 1.82) is 0 Å². The number of hydrogen-bond acceptors (Lipinski definition) is 5. The molecule has 1 fully saturated rings. The van der Waals surface area contributed by atoms with Crippen molar-refractivity contribution < 1.29 is 4.92 Å². The van der Waals surface area contributed by atoms with Gasteiger partial charge in [0.15, 0.2) is 5.03 Å². The molecule has 16 heavy (non-hydrogen) atoms. The molecule has 2 rings (SSSR count). The molecule has 0 aromatic carbocycles. The van der Waals surface area contributed by atoms with Crippen LogP contribution in [0.15, 0.2) is 23.4 Å². The SMILES string of the molecule is Cl.O=[N+]([O-])c1cccnc1S[C@H]1CCNC1. The molecule has 1 aromatic heterocycles. The fourth-order valence-corrected chi connectivity index (χ4v) is 2.64. The van der Waals surface area contributed by atoms with E-state index in [1.54, 1.807) is 12.3 Å². The fourth-order valence-electron chi connectivity index (χ4n) is 1.50. The Hall–Kier alpha value is -0.850. The number of hydrogen-bond donors (Lipinski definition) is 1. The molecule has 5 nitrogen and oxygen atoms in total. The highest BCUT2D eigenvalue weighted by atomic mass is 35.5. The van der Waals surface area contributed by atoms with Gasteiger partial charge < -0.3 is 5.32 Å². The minimum absolute atomic E-state index is 0. The molecule has 0 amide bonds. The van der Waals surface area contributed by atoms with Crippen LogP contribution >= 0.6 is 24.2 Å². The van der Waals surface area contributed by atoms with Gasteiger partial charge >= 0.3 is 5.69 Å². The summed E-state index contributed by atoms with van der Waals surface area (Å²) in [4.78, 5) is 14.4. The Balaban J connectivity index is 0.00000128. The molecule has 0 aliphatic carbocycles. The topological polar surface area (TPSA) is 68.1 Å². The van der Waals surface area contributed by atoms with Gasteiger partial charge in [-0.2, -0.15) is 0 Å². The number of pyridine rings is 1. The third kappa shape index (κ3) is 3.07. The minimum Gasteiger partial charge on any atom is -0.316 e. The highest BCUT2D eigenvalue weighted by Gasteiger charge is 2.21. The minimum atomic E-state index is -0.377. The van der Waals surface area contributed by atoms with Crippen LogP contribution in [0.3, 0.4) is 0 Å². The van der Waals surface area contributed by atoms with Crippen LogP contribution in [0.1, 0.15) is 6.42 Å². The first-order chi connectivity index (χ1) is 7.27. The van der Waals surface area contributed by atoms with E-state index < -0.39 is 0 Å². The largest absolute Gasteiger partial charge is 0.316 e. The van der Waals surface area contributed by atoms with Gasteiger partial charge in [-0.1, -0.05) is 11.8 Å². The monoisotopic (exact) mass is 261 g/mol. The lowest BCUT2D eigenvalue weighted by atomic mass is 10.4. The molecule has 0 radical (unpaired) electrons. The lowest BCUT2D eigenvalue weighted by molar-refractivity contribution is -0.388. The van der Waals surface area contributed by atoms with Crippen molar-refractivity contribution in [2.45, 2.75) is 16.7 Å². The predicted molar refractivity (Wildman–Crippen MR) is 65.3 cm³/mol. The average Bonchev–Trinajstić information content (AvgIpc) is 2.71. The Morgan fingerprint density at radius 3 is 3.06 bits per heavy atom. The van der Waals surface area contributed by atoms with E-state index in [0.29, 0.717) is 10.3 Å². The Kier molecular flexibility index (Phi) is 4.98. The second kappa shape index (κ2) is 6.03. The summed E-state index contributed by atoms with van der Waals surface area (Å²) < 4.78 is 0. The van der Waals surface area contributed by atoms with Crippen molar-refractivity contribution >= 4 is 29.9 Å². The number of rotatable bonds is 3. The van der Waals surface area contributed by atoms with E-state index in [9.17, 15) is 10.1 Å². The average molecular weight is 262 g/mol. The number of nitro groups is 1. The smallest absolute Gasteiger partial charge is 0.301 e. The third-order valence-electron chi connectivity index (χ3n) is 2.24. The van der Waals surface area contributed by atoms with E-state index in [1.165, 1.54) is 17.8 Å². The standard InChI is InChI=1S/C9H11N3O2S.ClH/c13-12(14)8-2-1-4-11-9(8)15-7-3-5-10-6-7;/h1-2,4,7,10H,3,5-6H2;1H/t7-;/m0./s1. The molecule has 0 saturated carbocycles. The van der Waals surface area contributed by atoms with Crippen molar-refractivity contribution in [1.82, 2.24) is 10.3 Å². The molecular formula is C9H12ClN3O2S. The molecule has 2 heterocycles. The van der Waals surface area contributed by atoms with Crippen LogP contribution in [0.25, 0.3) is 0 Å². The van der Waals surface area contributed by atoms with E-state index in [2.05, 4.69) is 10.3 Å². The molecule has 1 aliphatic heterocycles. The molecule has 1 aliphatic rings. The van der Waals surface area contributed by atoms with Crippen molar-refractivity contribution in [3.05, 3.63) is 28.4 Å². The molecule has 1 atom stereocenters. The zero-order valence-electron chi connectivity index (χ0n) is 8.46. The number of nitrogens with one attached hydrogen (secondary N) is 1. The molecule has 7 heteroatoms. The van der Waals surface area contributed by atoms with Crippen molar-refractivity contribution in [3.63, 3.8) is 0 Å². The Labute approximate surface area is 104 Å². The van der Waals surface area contributed by atoms with Gasteiger partial charge in [-0.25, -0.2) is 4.98 Å². The Morgan fingerprint density at radius 2 is 2.44 bits per heavy atom. The Morgan fingerprint density at radius 1 is 1.62 bits per heavy atom. The summed E-state index contributed by atoms with van der Waals surface area (Å²) in [5, 5.41) is 14.9. The van der Waals surface area contributed by atoms with Gasteiger partial charge in [0.1, 0.15) is 0 Å². The van der Waals surface area contributed by atoms with Gasteiger partial charge in [0.25, 0.3) is 0 Å². The first kappa shape index (κ1) is 13.2. The second-order valence-electron chi connectivity index (χ2n) is 3.32. The number of nitrogens with zero attached hydrogens (tertiary/aromatic N) is 2. The molecule has 0 unspecified atom stereocenters. The maximum Gasteiger partial charge on any atom is 0.301 e. The van der Waals surface area contributed by atoms with Crippen molar-refractivity contribution in [2.75, 3.05) is 13.1 Å². The van der Waals surface area contributed by atoms with E-state index >= 15 is 0 Å². The molecule has 88 valence electrons. The van der Waals surface area contributed by atoms with Crippen molar-refractivity contribution in [3.8, 4) is 0 Å². The van der Waals surface area contributed by atoms with Crippen LogP contribution in [-0.2, 0) is 0 Å². The first-order valence-corrected chi connectivity index (χ1v) is 5.62. The van der Waals surface area contributed by atoms with Crippen LogP contribution in [0, 0.1) is 10.1 Å². The van der Waals surface area contributed by atoms with Gasteiger partial charge in [0.05, 0.1) is 4.92 Å². The lowest BCUT2D eigenvalue weighted by Gasteiger charge is -2.06. The Bertz CT molecular complexity index is 372. The molecule has 0 spiro atoms. The normalized spacial score (nSPS) is 19.1. The summed E-state index contributed by atoms with van der Waals surface area (Å²) >= 11 is 1.49. The number of aromatic nitrogens is 1.